The van der Waals surface area contributed by atoms with E-state index in [-0.39, 0.29) is 6.04 Å². The molecule has 0 amide bonds. The SMILES string of the molecule is CCC(N)Cc1ccc(N2CCCN(C)CC2C)cc1. The fraction of sp³-hybridized carbons (Fsp3) is 0.647. The van der Waals surface area contributed by atoms with Crippen molar-refractivity contribution in [1.29, 1.82) is 0 Å². The van der Waals surface area contributed by atoms with Gasteiger partial charge in [-0.15, -0.1) is 0 Å². The molecular weight excluding hydrogens is 246 g/mol. The van der Waals surface area contributed by atoms with E-state index in [0.29, 0.717) is 6.04 Å². The molecule has 1 aliphatic heterocycles. The van der Waals surface area contributed by atoms with Gasteiger partial charge in [0, 0.05) is 30.9 Å². The van der Waals surface area contributed by atoms with E-state index in [0.717, 1.165) is 25.9 Å². The average molecular weight is 275 g/mol. The van der Waals surface area contributed by atoms with Gasteiger partial charge < -0.3 is 15.5 Å². The van der Waals surface area contributed by atoms with Gasteiger partial charge in [-0.25, -0.2) is 0 Å². The molecular formula is C17H29N3. The van der Waals surface area contributed by atoms with Crippen LogP contribution < -0.4 is 10.6 Å². The van der Waals surface area contributed by atoms with Gasteiger partial charge in [-0.05, 0) is 57.5 Å². The zero-order valence-electron chi connectivity index (χ0n) is 13.2. The molecule has 2 N–H and O–H groups in total. The maximum absolute atomic E-state index is 6.03. The number of benzene rings is 1. The summed E-state index contributed by atoms with van der Waals surface area (Å²) < 4.78 is 0. The minimum absolute atomic E-state index is 0.284. The summed E-state index contributed by atoms with van der Waals surface area (Å²) in [5, 5.41) is 0. The van der Waals surface area contributed by atoms with Crippen LogP contribution in [0.5, 0.6) is 0 Å². The fourth-order valence-corrected chi connectivity index (χ4v) is 3.03. The normalized spacial score (nSPS) is 22.6. The number of rotatable bonds is 4. The lowest BCUT2D eigenvalue weighted by atomic mass is 10.0. The van der Waals surface area contributed by atoms with E-state index in [1.807, 2.05) is 0 Å². The van der Waals surface area contributed by atoms with E-state index in [1.165, 1.54) is 24.2 Å². The van der Waals surface area contributed by atoms with Gasteiger partial charge in [-0.1, -0.05) is 19.1 Å². The molecule has 3 heteroatoms. The third-order valence-electron chi connectivity index (χ3n) is 4.34. The Bertz CT molecular complexity index is 401. The van der Waals surface area contributed by atoms with E-state index in [9.17, 15) is 0 Å². The first-order valence-corrected chi connectivity index (χ1v) is 7.90. The molecule has 1 heterocycles. The van der Waals surface area contributed by atoms with Crippen LogP contribution >= 0.6 is 0 Å². The van der Waals surface area contributed by atoms with Crippen LogP contribution in [-0.4, -0.2) is 43.7 Å². The summed E-state index contributed by atoms with van der Waals surface area (Å²) in [6, 6.07) is 9.87. The molecule has 112 valence electrons. The minimum atomic E-state index is 0.284. The molecule has 1 aromatic rings. The topological polar surface area (TPSA) is 32.5 Å². The summed E-state index contributed by atoms with van der Waals surface area (Å²) in [6.45, 7) is 7.96. The van der Waals surface area contributed by atoms with Gasteiger partial charge in [0.15, 0.2) is 0 Å². The molecule has 2 rings (SSSR count). The zero-order valence-corrected chi connectivity index (χ0v) is 13.2. The minimum Gasteiger partial charge on any atom is -0.367 e. The highest BCUT2D eigenvalue weighted by Gasteiger charge is 2.19. The Hall–Kier alpha value is -1.06. The van der Waals surface area contributed by atoms with Crippen LogP contribution in [-0.2, 0) is 6.42 Å². The molecule has 1 fully saturated rings. The van der Waals surface area contributed by atoms with Crippen molar-refractivity contribution in [3.05, 3.63) is 29.8 Å². The van der Waals surface area contributed by atoms with E-state index in [1.54, 1.807) is 0 Å². The van der Waals surface area contributed by atoms with Crippen LogP contribution in [0.1, 0.15) is 32.3 Å². The van der Waals surface area contributed by atoms with Crippen LogP contribution in [0, 0.1) is 0 Å². The van der Waals surface area contributed by atoms with Gasteiger partial charge in [-0.2, -0.15) is 0 Å². The second-order valence-corrected chi connectivity index (χ2v) is 6.20. The highest BCUT2D eigenvalue weighted by molar-refractivity contribution is 5.49. The van der Waals surface area contributed by atoms with Gasteiger partial charge in [0.1, 0.15) is 0 Å². The Morgan fingerprint density at radius 2 is 1.95 bits per heavy atom. The third-order valence-corrected chi connectivity index (χ3v) is 4.34. The number of nitrogens with two attached hydrogens (primary N) is 1. The van der Waals surface area contributed by atoms with Gasteiger partial charge >= 0.3 is 0 Å². The van der Waals surface area contributed by atoms with Crippen molar-refractivity contribution in [3.8, 4) is 0 Å². The lowest BCUT2D eigenvalue weighted by Gasteiger charge is -2.30. The number of anilines is 1. The molecule has 1 aliphatic rings. The van der Waals surface area contributed by atoms with Crippen molar-refractivity contribution < 1.29 is 0 Å². The molecule has 0 aliphatic carbocycles. The first-order valence-electron chi connectivity index (χ1n) is 7.90. The number of hydrogen-bond donors (Lipinski definition) is 1. The molecule has 0 spiro atoms. The standard InChI is InChI=1S/C17H29N3/c1-4-16(18)12-15-6-8-17(9-7-15)20-11-5-10-19(3)13-14(20)2/h6-9,14,16H,4-5,10-13,18H2,1-3H3. The Labute approximate surface area is 123 Å². The van der Waals surface area contributed by atoms with E-state index < -0.39 is 0 Å². The summed E-state index contributed by atoms with van der Waals surface area (Å²) in [5.41, 5.74) is 8.73. The predicted molar refractivity (Wildman–Crippen MR) is 87.3 cm³/mol. The fourth-order valence-electron chi connectivity index (χ4n) is 3.03. The van der Waals surface area contributed by atoms with Crippen molar-refractivity contribution in [1.82, 2.24) is 4.90 Å². The van der Waals surface area contributed by atoms with Gasteiger partial charge in [0.2, 0.25) is 0 Å². The molecule has 3 nitrogen and oxygen atoms in total. The summed E-state index contributed by atoms with van der Waals surface area (Å²) in [6.07, 6.45) is 3.26. The van der Waals surface area contributed by atoms with E-state index in [4.69, 9.17) is 5.73 Å². The summed E-state index contributed by atoms with van der Waals surface area (Å²) in [4.78, 5) is 4.96. The molecule has 2 unspecified atom stereocenters. The molecule has 0 bridgehead atoms. The predicted octanol–water partition coefficient (Wildman–Crippen LogP) is 2.50. The molecule has 0 radical (unpaired) electrons. The van der Waals surface area contributed by atoms with Gasteiger partial charge in [0.05, 0.1) is 0 Å². The highest BCUT2D eigenvalue weighted by Crippen LogP contribution is 2.21. The first-order chi connectivity index (χ1) is 9.60. The van der Waals surface area contributed by atoms with Crippen LogP contribution in [0.2, 0.25) is 0 Å². The second-order valence-electron chi connectivity index (χ2n) is 6.20. The number of likely N-dealkylation sites (N-methyl/N-ethyl adjacent to an activating group) is 1. The molecule has 0 saturated carbocycles. The third kappa shape index (κ3) is 3.97. The van der Waals surface area contributed by atoms with Crippen molar-refractivity contribution in [2.75, 3.05) is 31.6 Å². The second kappa shape index (κ2) is 7.09. The lowest BCUT2D eigenvalue weighted by molar-refractivity contribution is 0.337. The molecule has 20 heavy (non-hydrogen) atoms. The van der Waals surface area contributed by atoms with Crippen molar-refractivity contribution in [3.63, 3.8) is 0 Å². The van der Waals surface area contributed by atoms with Crippen molar-refractivity contribution >= 4 is 5.69 Å². The van der Waals surface area contributed by atoms with E-state index >= 15 is 0 Å². The van der Waals surface area contributed by atoms with Crippen LogP contribution in [0.25, 0.3) is 0 Å². The summed E-state index contributed by atoms with van der Waals surface area (Å²) in [7, 11) is 2.22. The Morgan fingerprint density at radius 1 is 1.25 bits per heavy atom. The average Bonchev–Trinajstić information content (AvgIpc) is 2.60. The highest BCUT2D eigenvalue weighted by atomic mass is 15.2. The Morgan fingerprint density at radius 3 is 2.60 bits per heavy atom. The van der Waals surface area contributed by atoms with Crippen LogP contribution in [0.3, 0.4) is 0 Å². The lowest BCUT2D eigenvalue weighted by Crippen LogP contribution is -2.37. The molecule has 0 aromatic heterocycles. The number of hydrogen-bond acceptors (Lipinski definition) is 3. The van der Waals surface area contributed by atoms with Crippen LogP contribution in [0.4, 0.5) is 5.69 Å². The van der Waals surface area contributed by atoms with Crippen molar-refractivity contribution in [2.45, 2.75) is 45.2 Å². The molecule has 1 saturated heterocycles. The maximum atomic E-state index is 6.03. The molecule has 1 aromatic carbocycles. The van der Waals surface area contributed by atoms with Gasteiger partial charge in [0.25, 0.3) is 0 Å². The summed E-state index contributed by atoms with van der Waals surface area (Å²) >= 11 is 0. The Balaban J connectivity index is 2.05. The van der Waals surface area contributed by atoms with E-state index in [2.05, 4.69) is 55.0 Å². The smallest absolute Gasteiger partial charge is 0.0388 e. The zero-order chi connectivity index (χ0) is 14.5. The van der Waals surface area contributed by atoms with Crippen molar-refractivity contribution in [2.24, 2.45) is 5.73 Å². The Kier molecular flexibility index (Phi) is 5.44. The monoisotopic (exact) mass is 275 g/mol. The maximum Gasteiger partial charge on any atom is 0.0388 e. The summed E-state index contributed by atoms with van der Waals surface area (Å²) in [5.74, 6) is 0. The first kappa shape index (κ1) is 15.3. The molecule has 2 atom stereocenters. The largest absolute Gasteiger partial charge is 0.367 e. The quantitative estimate of drug-likeness (QED) is 0.916. The van der Waals surface area contributed by atoms with Gasteiger partial charge in [-0.3, -0.25) is 0 Å². The number of nitrogens with zero attached hydrogens (tertiary/aromatic N) is 2. The van der Waals surface area contributed by atoms with Crippen LogP contribution in [0.15, 0.2) is 24.3 Å².